The lowest BCUT2D eigenvalue weighted by atomic mass is 9.95. The molecule has 0 radical (unpaired) electrons. The third-order valence-corrected chi connectivity index (χ3v) is 5.05. The summed E-state index contributed by atoms with van der Waals surface area (Å²) in [4.78, 5) is 12.4. The summed E-state index contributed by atoms with van der Waals surface area (Å²) in [7, 11) is 0. The molecule has 0 saturated carbocycles. The Morgan fingerprint density at radius 1 is 1.08 bits per heavy atom. The van der Waals surface area contributed by atoms with E-state index in [0.29, 0.717) is 28.4 Å². The summed E-state index contributed by atoms with van der Waals surface area (Å²) in [5, 5.41) is 7.56. The lowest BCUT2D eigenvalue weighted by molar-refractivity contribution is -0.137. The smallest absolute Gasteiger partial charge is 0.348 e. The van der Waals surface area contributed by atoms with Gasteiger partial charge in [0.1, 0.15) is 0 Å². The number of rotatable bonds is 2. The lowest BCUT2D eigenvalue weighted by Crippen LogP contribution is -2.42. The highest BCUT2D eigenvalue weighted by atomic mass is 19.4. The topological polar surface area (TPSA) is 41.1 Å². The first-order valence-electron chi connectivity index (χ1n) is 8.08. The predicted octanol–water partition coefficient (Wildman–Crippen LogP) is 3.48. The van der Waals surface area contributed by atoms with Crippen molar-refractivity contribution >= 4 is 16.7 Å². The molecule has 3 nitrogen and oxygen atoms in total. The number of hydrogen-bond donors (Lipinski definition) is 2. The quantitative estimate of drug-likeness (QED) is 0.883. The number of carbonyl (C=O) groups excluding carboxylic acids is 1. The molecule has 6 heteroatoms. The van der Waals surface area contributed by atoms with Gasteiger partial charge >= 0.3 is 6.18 Å². The molecular weight excluding hydrogens is 317 g/mol. The average molecular weight is 334 g/mol. The van der Waals surface area contributed by atoms with E-state index in [1.807, 2.05) is 0 Å². The Bertz CT molecular complexity index is 802. The zero-order valence-electron chi connectivity index (χ0n) is 12.9. The number of alkyl halides is 3. The molecule has 2 heterocycles. The second kappa shape index (κ2) is 5.48. The molecule has 2 N–H and O–H groups in total. The number of hydrogen-bond acceptors (Lipinski definition) is 2. The van der Waals surface area contributed by atoms with Crippen LogP contribution >= 0.6 is 0 Å². The molecule has 24 heavy (non-hydrogen) atoms. The molecule has 0 unspecified atom stereocenters. The van der Waals surface area contributed by atoms with Gasteiger partial charge in [-0.1, -0.05) is 12.1 Å². The summed E-state index contributed by atoms with van der Waals surface area (Å²) in [6.45, 7) is 0. The fourth-order valence-corrected chi connectivity index (χ4v) is 3.80. The SMILES string of the molecule is O=C(N[C@@H]1C[C@H]2CC[C@@H]1N2)c1ccc2ccc(C(F)(F)F)cc2c1. The van der Waals surface area contributed by atoms with Crippen LogP contribution in [-0.2, 0) is 6.18 Å². The van der Waals surface area contributed by atoms with Gasteiger partial charge in [-0.05, 0) is 54.3 Å². The van der Waals surface area contributed by atoms with Gasteiger partial charge < -0.3 is 10.6 Å². The number of benzene rings is 2. The number of carbonyl (C=O) groups is 1. The molecule has 2 bridgehead atoms. The van der Waals surface area contributed by atoms with Crippen LogP contribution in [0.1, 0.15) is 35.2 Å². The highest BCUT2D eigenvalue weighted by Gasteiger charge is 2.39. The molecule has 2 fully saturated rings. The van der Waals surface area contributed by atoms with Gasteiger partial charge in [-0.3, -0.25) is 4.79 Å². The molecule has 0 aliphatic carbocycles. The molecule has 2 aromatic carbocycles. The highest BCUT2D eigenvalue weighted by Crippen LogP contribution is 2.32. The number of halogens is 3. The first-order valence-corrected chi connectivity index (χ1v) is 8.08. The van der Waals surface area contributed by atoms with E-state index in [9.17, 15) is 18.0 Å². The molecule has 0 spiro atoms. The van der Waals surface area contributed by atoms with Crippen molar-refractivity contribution in [1.29, 1.82) is 0 Å². The molecule has 4 rings (SSSR count). The zero-order chi connectivity index (χ0) is 16.9. The Labute approximate surface area is 137 Å². The minimum Gasteiger partial charge on any atom is -0.348 e. The van der Waals surface area contributed by atoms with Crippen molar-refractivity contribution in [1.82, 2.24) is 10.6 Å². The third kappa shape index (κ3) is 2.75. The maximum atomic E-state index is 12.8. The van der Waals surface area contributed by atoms with Gasteiger partial charge in [0.15, 0.2) is 0 Å². The number of nitrogens with one attached hydrogen (secondary N) is 2. The normalized spacial score (nSPS) is 26.0. The second-order valence-corrected chi connectivity index (χ2v) is 6.64. The Morgan fingerprint density at radius 3 is 2.54 bits per heavy atom. The van der Waals surface area contributed by atoms with Crippen LogP contribution in [0.5, 0.6) is 0 Å². The van der Waals surface area contributed by atoms with Crippen molar-refractivity contribution in [3.05, 3.63) is 47.5 Å². The van der Waals surface area contributed by atoms with Gasteiger partial charge in [0.25, 0.3) is 5.91 Å². The summed E-state index contributed by atoms with van der Waals surface area (Å²) in [5.41, 5.74) is -0.311. The van der Waals surface area contributed by atoms with Crippen molar-refractivity contribution in [3.8, 4) is 0 Å². The van der Waals surface area contributed by atoms with Gasteiger partial charge in [-0.15, -0.1) is 0 Å². The Balaban J connectivity index is 1.58. The second-order valence-electron chi connectivity index (χ2n) is 6.64. The van der Waals surface area contributed by atoms with Crippen LogP contribution in [0.3, 0.4) is 0 Å². The van der Waals surface area contributed by atoms with Crippen LogP contribution in [0.15, 0.2) is 36.4 Å². The summed E-state index contributed by atoms with van der Waals surface area (Å²) in [6.07, 6.45) is -1.26. The molecule has 2 aromatic rings. The highest BCUT2D eigenvalue weighted by molar-refractivity contribution is 5.98. The van der Waals surface area contributed by atoms with E-state index < -0.39 is 11.7 Å². The zero-order valence-corrected chi connectivity index (χ0v) is 12.9. The average Bonchev–Trinajstić information content (AvgIpc) is 3.15. The Hall–Kier alpha value is -2.08. The first kappa shape index (κ1) is 15.4. The minimum atomic E-state index is -4.39. The van der Waals surface area contributed by atoms with Crippen LogP contribution in [0.25, 0.3) is 10.8 Å². The number of fused-ring (bicyclic) bond motifs is 3. The van der Waals surface area contributed by atoms with Crippen LogP contribution in [0.4, 0.5) is 13.2 Å². The number of amides is 1. The lowest BCUT2D eigenvalue weighted by Gasteiger charge is -2.21. The Morgan fingerprint density at radius 2 is 1.88 bits per heavy atom. The van der Waals surface area contributed by atoms with Crippen molar-refractivity contribution in [2.75, 3.05) is 0 Å². The largest absolute Gasteiger partial charge is 0.416 e. The van der Waals surface area contributed by atoms with E-state index in [1.165, 1.54) is 12.1 Å². The Kier molecular flexibility index (Phi) is 3.53. The third-order valence-electron chi connectivity index (χ3n) is 5.05. The van der Waals surface area contributed by atoms with E-state index >= 15 is 0 Å². The predicted molar refractivity (Wildman–Crippen MR) is 84.8 cm³/mol. The van der Waals surface area contributed by atoms with Crippen molar-refractivity contribution < 1.29 is 18.0 Å². The van der Waals surface area contributed by atoms with E-state index in [2.05, 4.69) is 10.6 Å². The molecule has 1 amide bonds. The van der Waals surface area contributed by atoms with Crippen LogP contribution in [0, 0.1) is 0 Å². The van der Waals surface area contributed by atoms with Crippen molar-refractivity contribution in [2.45, 2.75) is 43.6 Å². The fraction of sp³-hybridized carbons (Fsp3) is 0.389. The van der Waals surface area contributed by atoms with Gasteiger partial charge in [-0.25, -0.2) is 0 Å². The van der Waals surface area contributed by atoms with E-state index in [0.717, 1.165) is 31.4 Å². The van der Waals surface area contributed by atoms with Crippen LogP contribution in [0.2, 0.25) is 0 Å². The van der Waals surface area contributed by atoms with Gasteiger partial charge in [0, 0.05) is 23.7 Å². The molecule has 2 aliphatic heterocycles. The maximum absolute atomic E-state index is 12.8. The maximum Gasteiger partial charge on any atom is 0.416 e. The van der Waals surface area contributed by atoms with Crippen molar-refractivity contribution in [2.24, 2.45) is 0 Å². The van der Waals surface area contributed by atoms with Crippen molar-refractivity contribution in [3.63, 3.8) is 0 Å². The van der Waals surface area contributed by atoms with Crippen LogP contribution < -0.4 is 10.6 Å². The summed E-state index contributed by atoms with van der Waals surface area (Å²) in [5.74, 6) is -0.228. The van der Waals surface area contributed by atoms with E-state index in [4.69, 9.17) is 0 Å². The van der Waals surface area contributed by atoms with Gasteiger partial charge in [-0.2, -0.15) is 13.2 Å². The summed E-state index contributed by atoms with van der Waals surface area (Å²) < 4.78 is 38.5. The van der Waals surface area contributed by atoms with E-state index in [1.54, 1.807) is 12.1 Å². The molecule has 2 saturated heterocycles. The molecule has 0 aromatic heterocycles. The summed E-state index contributed by atoms with van der Waals surface area (Å²) in [6, 6.07) is 9.35. The minimum absolute atomic E-state index is 0.105. The summed E-state index contributed by atoms with van der Waals surface area (Å²) >= 11 is 0. The monoisotopic (exact) mass is 334 g/mol. The van der Waals surface area contributed by atoms with Gasteiger partial charge in [0.2, 0.25) is 0 Å². The van der Waals surface area contributed by atoms with Gasteiger partial charge in [0.05, 0.1) is 5.56 Å². The molecular formula is C18H17F3N2O. The van der Waals surface area contributed by atoms with E-state index in [-0.39, 0.29) is 11.9 Å². The molecule has 126 valence electrons. The molecule has 2 aliphatic rings. The van der Waals surface area contributed by atoms with Crippen LogP contribution in [-0.4, -0.2) is 24.0 Å². The molecule has 3 atom stereocenters. The standard InChI is InChI=1S/C18H17F3N2O/c19-18(20,21)13-4-3-10-1-2-11(7-12(10)8-13)17(24)23-16-9-14-5-6-15(16)22-14/h1-4,7-8,14-16,22H,5-6,9H2,(H,23,24)/t14-,15+,16-/m1/s1. The fourth-order valence-electron chi connectivity index (χ4n) is 3.80. The first-order chi connectivity index (χ1) is 11.4.